The highest BCUT2D eigenvalue weighted by Gasteiger charge is 2.31. The van der Waals surface area contributed by atoms with E-state index in [-0.39, 0.29) is 16.4 Å². The second-order valence-corrected chi connectivity index (χ2v) is 7.26. The number of aromatic nitrogens is 1. The van der Waals surface area contributed by atoms with E-state index in [1.54, 1.807) is 24.3 Å². The molecule has 2 N–H and O–H groups in total. The third-order valence-electron chi connectivity index (χ3n) is 4.63. The molecule has 4 rings (SSSR count). The number of carbonyl (C=O) groups is 1. The largest absolute Gasteiger partial charge is 0.489 e. The van der Waals surface area contributed by atoms with Crippen LogP contribution >= 0.6 is 11.6 Å². The van der Waals surface area contributed by atoms with E-state index in [2.05, 4.69) is 10.3 Å². The highest BCUT2D eigenvalue weighted by atomic mass is 35.5. The quantitative estimate of drug-likeness (QED) is 0.361. The lowest BCUT2D eigenvalue weighted by Crippen LogP contribution is -2.14. The fourth-order valence-corrected chi connectivity index (χ4v) is 3.21. The number of amides is 1. The Kier molecular flexibility index (Phi) is 5.61. The third-order valence-corrected chi connectivity index (χ3v) is 4.96. The van der Waals surface area contributed by atoms with Crippen molar-refractivity contribution in [1.29, 1.82) is 0 Å². The molecule has 4 aromatic rings. The minimum absolute atomic E-state index is 0.00839. The van der Waals surface area contributed by atoms with Crippen molar-refractivity contribution < 1.29 is 22.7 Å². The Hall–Kier alpha value is -3.45. The fourth-order valence-electron chi connectivity index (χ4n) is 3.05. The summed E-state index contributed by atoms with van der Waals surface area (Å²) in [4.78, 5) is 15.5. The van der Waals surface area contributed by atoms with Crippen molar-refractivity contribution in [1.82, 2.24) is 4.98 Å². The maximum atomic E-state index is 12.9. The first-order valence-electron chi connectivity index (χ1n) is 9.27. The van der Waals surface area contributed by atoms with E-state index in [9.17, 15) is 18.0 Å². The average molecular weight is 445 g/mol. The number of ether oxygens (including phenoxy) is 1. The number of fused-ring (bicyclic) bond motifs is 1. The molecular weight excluding hydrogens is 429 g/mol. The van der Waals surface area contributed by atoms with Crippen molar-refractivity contribution in [2.45, 2.75) is 12.8 Å². The molecular formula is C23H16ClF3N2O2. The summed E-state index contributed by atoms with van der Waals surface area (Å²) in [5.41, 5.74) is 0.845. The van der Waals surface area contributed by atoms with Crippen LogP contribution in [0.5, 0.6) is 5.75 Å². The summed E-state index contributed by atoms with van der Waals surface area (Å²) in [5, 5.41) is 3.19. The molecule has 8 heteroatoms. The van der Waals surface area contributed by atoms with Crippen LogP contribution in [0.25, 0.3) is 10.9 Å². The minimum atomic E-state index is -4.54. The Bertz CT molecular complexity index is 1240. The molecule has 0 bridgehead atoms. The fraction of sp³-hybridized carbons (Fsp3) is 0.0870. The molecule has 0 unspecified atom stereocenters. The Morgan fingerprint density at radius 3 is 2.52 bits per heavy atom. The molecule has 0 aliphatic heterocycles. The van der Waals surface area contributed by atoms with E-state index < -0.39 is 17.6 Å². The van der Waals surface area contributed by atoms with Gasteiger partial charge in [0.15, 0.2) is 0 Å². The minimum Gasteiger partial charge on any atom is -0.489 e. The van der Waals surface area contributed by atoms with Crippen molar-refractivity contribution in [3.63, 3.8) is 0 Å². The van der Waals surface area contributed by atoms with Crippen LogP contribution in [-0.4, -0.2) is 10.9 Å². The number of H-pyrrole nitrogens is 1. The van der Waals surface area contributed by atoms with Crippen LogP contribution in [0.4, 0.5) is 18.9 Å². The highest BCUT2D eigenvalue weighted by Crippen LogP contribution is 2.34. The van der Waals surface area contributed by atoms with Gasteiger partial charge >= 0.3 is 6.18 Å². The molecule has 4 nitrogen and oxygen atoms in total. The molecule has 3 aromatic carbocycles. The molecule has 31 heavy (non-hydrogen) atoms. The van der Waals surface area contributed by atoms with Gasteiger partial charge in [0.2, 0.25) is 0 Å². The van der Waals surface area contributed by atoms with Gasteiger partial charge in [-0.2, -0.15) is 13.2 Å². The number of rotatable bonds is 5. The van der Waals surface area contributed by atoms with Gasteiger partial charge in [0.25, 0.3) is 5.91 Å². The zero-order valence-electron chi connectivity index (χ0n) is 16.0. The Labute approximate surface area is 180 Å². The number of benzene rings is 3. The zero-order chi connectivity index (χ0) is 22.0. The van der Waals surface area contributed by atoms with Crippen LogP contribution < -0.4 is 10.1 Å². The normalized spacial score (nSPS) is 11.5. The topological polar surface area (TPSA) is 54.1 Å². The van der Waals surface area contributed by atoms with Crippen LogP contribution in [0.1, 0.15) is 21.6 Å². The standard InChI is InChI=1S/C23H16ClF3N2O2/c24-18-9-7-16(23(25,26)27)11-20(18)29-22(30)21-10-15-6-8-17(12-19(15)28-21)31-13-14-4-2-1-3-5-14/h1-12,28H,13H2,(H,29,30). The summed E-state index contributed by atoms with van der Waals surface area (Å²) < 4.78 is 44.6. The molecule has 1 heterocycles. The second-order valence-electron chi connectivity index (χ2n) is 6.85. The first kappa shape index (κ1) is 20.8. The van der Waals surface area contributed by atoms with Crippen LogP contribution in [-0.2, 0) is 12.8 Å². The van der Waals surface area contributed by atoms with Crippen molar-refractivity contribution in [2.75, 3.05) is 5.32 Å². The molecule has 0 aliphatic carbocycles. The number of carbonyl (C=O) groups excluding carboxylic acids is 1. The van der Waals surface area contributed by atoms with E-state index in [1.807, 2.05) is 30.3 Å². The Morgan fingerprint density at radius 1 is 1.00 bits per heavy atom. The van der Waals surface area contributed by atoms with Gasteiger partial charge in [-0.15, -0.1) is 0 Å². The molecule has 1 amide bonds. The number of nitrogens with one attached hydrogen (secondary N) is 2. The smallest absolute Gasteiger partial charge is 0.416 e. The predicted molar refractivity (Wildman–Crippen MR) is 113 cm³/mol. The van der Waals surface area contributed by atoms with Gasteiger partial charge in [-0.3, -0.25) is 4.79 Å². The number of hydrogen-bond acceptors (Lipinski definition) is 2. The van der Waals surface area contributed by atoms with Gasteiger partial charge in [0.05, 0.1) is 16.3 Å². The van der Waals surface area contributed by atoms with E-state index in [0.29, 0.717) is 17.9 Å². The van der Waals surface area contributed by atoms with Crippen molar-refractivity contribution in [3.05, 3.63) is 94.6 Å². The SMILES string of the molecule is O=C(Nc1cc(C(F)(F)F)ccc1Cl)c1cc2ccc(OCc3ccccc3)cc2[nH]1. The number of aromatic amines is 1. The summed E-state index contributed by atoms with van der Waals surface area (Å²) >= 11 is 5.95. The van der Waals surface area contributed by atoms with E-state index in [0.717, 1.165) is 29.1 Å². The number of hydrogen-bond donors (Lipinski definition) is 2. The van der Waals surface area contributed by atoms with Crippen LogP contribution in [0.2, 0.25) is 5.02 Å². The van der Waals surface area contributed by atoms with E-state index in [1.165, 1.54) is 0 Å². The molecule has 0 spiro atoms. The molecule has 0 fully saturated rings. The molecule has 0 saturated heterocycles. The highest BCUT2D eigenvalue weighted by molar-refractivity contribution is 6.34. The van der Waals surface area contributed by atoms with E-state index in [4.69, 9.17) is 16.3 Å². The number of halogens is 4. The number of alkyl halides is 3. The van der Waals surface area contributed by atoms with Crippen molar-refractivity contribution in [3.8, 4) is 5.75 Å². The van der Waals surface area contributed by atoms with Gasteiger partial charge in [-0.25, -0.2) is 0 Å². The molecule has 0 radical (unpaired) electrons. The van der Waals surface area contributed by atoms with Crippen molar-refractivity contribution in [2.24, 2.45) is 0 Å². The lowest BCUT2D eigenvalue weighted by Gasteiger charge is -2.11. The first-order valence-corrected chi connectivity index (χ1v) is 9.65. The van der Waals surface area contributed by atoms with E-state index >= 15 is 0 Å². The first-order chi connectivity index (χ1) is 14.8. The van der Waals surface area contributed by atoms with Crippen molar-refractivity contribution >= 4 is 34.1 Å². The van der Waals surface area contributed by atoms with Crippen LogP contribution in [0.15, 0.2) is 72.8 Å². The maximum absolute atomic E-state index is 12.9. The molecule has 0 saturated carbocycles. The van der Waals surface area contributed by atoms with Gasteiger partial charge in [0.1, 0.15) is 18.1 Å². The van der Waals surface area contributed by atoms with Gasteiger partial charge in [-0.1, -0.05) is 41.9 Å². The summed E-state index contributed by atoms with van der Waals surface area (Å²) in [6.07, 6.45) is -4.54. The summed E-state index contributed by atoms with van der Waals surface area (Å²) in [6.45, 7) is 0.397. The zero-order valence-corrected chi connectivity index (χ0v) is 16.7. The lowest BCUT2D eigenvalue weighted by atomic mass is 10.2. The van der Waals surface area contributed by atoms with Gasteiger partial charge in [-0.05, 0) is 42.0 Å². The van der Waals surface area contributed by atoms with Crippen LogP contribution in [0.3, 0.4) is 0 Å². The Morgan fingerprint density at radius 2 is 1.77 bits per heavy atom. The van der Waals surface area contributed by atoms with Gasteiger partial charge < -0.3 is 15.0 Å². The maximum Gasteiger partial charge on any atom is 0.416 e. The third kappa shape index (κ3) is 4.83. The summed E-state index contributed by atoms with van der Waals surface area (Å²) in [5.74, 6) is 0.00950. The molecule has 1 aromatic heterocycles. The molecule has 0 atom stereocenters. The Balaban J connectivity index is 1.51. The molecule has 0 aliphatic rings. The molecule has 158 valence electrons. The summed E-state index contributed by atoms with van der Waals surface area (Å²) in [6, 6.07) is 19.4. The second kappa shape index (κ2) is 8.35. The lowest BCUT2D eigenvalue weighted by molar-refractivity contribution is -0.137. The summed E-state index contributed by atoms with van der Waals surface area (Å²) in [7, 11) is 0. The average Bonchev–Trinajstić information content (AvgIpc) is 3.17. The van der Waals surface area contributed by atoms with Crippen LogP contribution in [0, 0.1) is 0 Å². The predicted octanol–water partition coefficient (Wildman–Crippen LogP) is 6.67. The monoisotopic (exact) mass is 444 g/mol. The number of anilines is 1. The van der Waals surface area contributed by atoms with Gasteiger partial charge in [0, 0.05) is 17.0 Å².